The Morgan fingerprint density at radius 1 is 1.29 bits per heavy atom. The van der Waals surface area contributed by atoms with Gasteiger partial charge in [-0.1, -0.05) is 13.3 Å². The predicted octanol–water partition coefficient (Wildman–Crippen LogP) is 1.45. The summed E-state index contributed by atoms with van der Waals surface area (Å²) >= 11 is 0. The Labute approximate surface area is 123 Å². The topological polar surface area (TPSA) is 76.7 Å². The van der Waals surface area contributed by atoms with Crippen molar-refractivity contribution in [2.75, 3.05) is 13.3 Å². The maximum atomic E-state index is 12.0. The van der Waals surface area contributed by atoms with E-state index in [-0.39, 0.29) is 31.2 Å². The van der Waals surface area contributed by atoms with E-state index in [0.717, 1.165) is 12.8 Å². The van der Waals surface area contributed by atoms with E-state index in [1.807, 2.05) is 6.92 Å². The van der Waals surface area contributed by atoms with Crippen molar-refractivity contribution in [2.45, 2.75) is 32.7 Å². The summed E-state index contributed by atoms with van der Waals surface area (Å²) in [6, 6.07) is 5.04. The molecule has 1 aromatic rings. The molecule has 0 radical (unpaired) electrons. The Hall–Kier alpha value is -2.24. The Balaban J connectivity index is 1.83. The van der Waals surface area contributed by atoms with Crippen LogP contribution in [-0.4, -0.2) is 31.2 Å². The fraction of sp³-hybridized carbons (Fsp3) is 0.467. The molecule has 1 aliphatic rings. The van der Waals surface area contributed by atoms with E-state index in [1.165, 1.54) is 0 Å². The van der Waals surface area contributed by atoms with Crippen LogP contribution in [0.25, 0.3) is 0 Å². The first-order valence-electron chi connectivity index (χ1n) is 7.07. The van der Waals surface area contributed by atoms with Crippen LogP contribution in [0.5, 0.6) is 11.5 Å². The van der Waals surface area contributed by atoms with Gasteiger partial charge in [-0.05, 0) is 31.5 Å². The molecule has 114 valence electrons. The molecule has 0 aromatic heterocycles. The van der Waals surface area contributed by atoms with Crippen LogP contribution in [-0.2, 0) is 4.79 Å². The average molecular weight is 292 g/mol. The van der Waals surface area contributed by atoms with Crippen molar-refractivity contribution in [1.29, 1.82) is 0 Å². The van der Waals surface area contributed by atoms with Crippen LogP contribution in [0.3, 0.4) is 0 Å². The number of amides is 2. The molecule has 2 N–H and O–H groups in total. The van der Waals surface area contributed by atoms with Crippen molar-refractivity contribution in [3.05, 3.63) is 23.8 Å². The molecule has 1 unspecified atom stereocenters. The zero-order chi connectivity index (χ0) is 15.2. The Kier molecular flexibility index (Phi) is 5.03. The first kappa shape index (κ1) is 15.2. The summed E-state index contributed by atoms with van der Waals surface area (Å²) in [5.74, 6) is 0.665. The van der Waals surface area contributed by atoms with E-state index in [9.17, 15) is 9.59 Å². The molecule has 6 heteroatoms. The van der Waals surface area contributed by atoms with Gasteiger partial charge in [0.2, 0.25) is 12.7 Å². The predicted molar refractivity (Wildman–Crippen MR) is 77.4 cm³/mol. The molecule has 21 heavy (non-hydrogen) atoms. The van der Waals surface area contributed by atoms with Gasteiger partial charge in [-0.15, -0.1) is 0 Å². The number of hydrogen-bond donors (Lipinski definition) is 2. The number of hydrogen-bond acceptors (Lipinski definition) is 4. The Morgan fingerprint density at radius 2 is 2.05 bits per heavy atom. The third kappa shape index (κ3) is 4.11. The second-order valence-electron chi connectivity index (χ2n) is 5.01. The lowest BCUT2D eigenvalue weighted by atomic mass is 10.2. The molecular weight excluding hydrogens is 272 g/mol. The second kappa shape index (κ2) is 6.97. The first-order chi connectivity index (χ1) is 10.1. The SMILES string of the molecule is CCCC(C)NC(=O)CNC(=O)c1ccc2c(c1)OCO2. The van der Waals surface area contributed by atoms with E-state index in [2.05, 4.69) is 17.6 Å². The van der Waals surface area contributed by atoms with Crippen LogP contribution in [0.2, 0.25) is 0 Å². The Bertz CT molecular complexity index is 530. The summed E-state index contributed by atoms with van der Waals surface area (Å²) in [4.78, 5) is 23.7. The number of rotatable bonds is 6. The smallest absolute Gasteiger partial charge is 0.251 e. The zero-order valence-electron chi connectivity index (χ0n) is 12.3. The van der Waals surface area contributed by atoms with E-state index in [1.54, 1.807) is 18.2 Å². The first-order valence-corrected chi connectivity index (χ1v) is 7.07. The van der Waals surface area contributed by atoms with Crippen molar-refractivity contribution in [1.82, 2.24) is 10.6 Å². The Morgan fingerprint density at radius 3 is 2.81 bits per heavy atom. The minimum Gasteiger partial charge on any atom is -0.454 e. The normalized spacial score (nSPS) is 13.6. The van der Waals surface area contributed by atoms with Gasteiger partial charge in [0.25, 0.3) is 5.91 Å². The van der Waals surface area contributed by atoms with E-state index in [0.29, 0.717) is 17.1 Å². The number of fused-ring (bicyclic) bond motifs is 1. The van der Waals surface area contributed by atoms with Crippen molar-refractivity contribution in [3.63, 3.8) is 0 Å². The van der Waals surface area contributed by atoms with Crippen LogP contribution in [0, 0.1) is 0 Å². The van der Waals surface area contributed by atoms with Gasteiger partial charge in [-0.3, -0.25) is 9.59 Å². The number of benzene rings is 1. The molecule has 0 aliphatic carbocycles. The molecule has 0 fully saturated rings. The van der Waals surface area contributed by atoms with Gasteiger partial charge >= 0.3 is 0 Å². The maximum absolute atomic E-state index is 12.0. The van der Waals surface area contributed by atoms with E-state index in [4.69, 9.17) is 9.47 Å². The number of carbonyl (C=O) groups excluding carboxylic acids is 2. The summed E-state index contributed by atoms with van der Waals surface area (Å²) < 4.78 is 10.4. The summed E-state index contributed by atoms with van der Waals surface area (Å²) in [6.45, 7) is 4.13. The summed E-state index contributed by atoms with van der Waals surface area (Å²) in [5, 5.41) is 5.42. The van der Waals surface area contributed by atoms with Gasteiger partial charge in [0, 0.05) is 11.6 Å². The van der Waals surface area contributed by atoms with Crippen molar-refractivity contribution in [3.8, 4) is 11.5 Å². The quantitative estimate of drug-likeness (QED) is 0.832. The molecule has 2 amide bonds. The maximum Gasteiger partial charge on any atom is 0.251 e. The largest absolute Gasteiger partial charge is 0.454 e. The highest BCUT2D eigenvalue weighted by Gasteiger charge is 2.16. The van der Waals surface area contributed by atoms with Crippen LogP contribution in [0.4, 0.5) is 0 Å². The monoisotopic (exact) mass is 292 g/mol. The molecule has 0 saturated carbocycles. The fourth-order valence-corrected chi connectivity index (χ4v) is 2.13. The molecular formula is C15H20N2O4. The number of nitrogens with one attached hydrogen (secondary N) is 2. The molecule has 0 bridgehead atoms. The van der Waals surface area contributed by atoms with Gasteiger partial charge in [0.05, 0.1) is 6.54 Å². The molecule has 0 spiro atoms. The van der Waals surface area contributed by atoms with Gasteiger partial charge in [-0.25, -0.2) is 0 Å². The summed E-state index contributed by atoms with van der Waals surface area (Å²) in [5.41, 5.74) is 0.439. The highest BCUT2D eigenvalue weighted by molar-refractivity contribution is 5.97. The van der Waals surface area contributed by atoms with E-state index >= 15 is 0 Å². The second-order valence-corrected chi connectivity index (χ2v) is 5.01. The van der Waals surface area contributed by atoms with Crippen molar-refractivity contribution < 1.29 is 19.1 Å². The molecule has 0 saturated heterocycles. The van der Waals surface area contributed by atoms with Crippen LogP contribution in [0.15, 0.2) is 18.2 Å². The third-order valence-electron chi connectivity index (χ3n) is 3.17. The minimum absolute atomic E-state index is 0.0403. The molecule has 1 aromatic carbocycles. The molecule has 6 nitrogen and oxygen atoms in total. The molecule has 1 heterocycles. The van der Waals surface area contributed by atoms with Crippen LogP contribution < -0.4 is 20.1 Å². The highest BCUT2D eigenvalue weighted by Crippen LogP contribution is 2.32. The van der Waals surface area contributed by atoms with Gasteiger partial charge < -0.3 is 20.1 Å². The van der Waals surface area contributed by atoms with Crippen molar-refractivity contribution >= 4 is 11.8 Å². The van der Waals surface area contributed by atoms with Gasteiger partial charge in [0.1, 0.15) is 0 Å². The van der Waals surface area contributed by atoms with E-state index < -0.39 is 0 Å². The molecule has 1 atom stereocenters. The average Bonchev–Trinajstić information content (AvgIpc) is 2.92. The zero-order valence-corrected chi connectivity index (χ0v) is 12.3. The fourth-order valence-electron chi connectivity index (χ4n) is 2.13. The summed E-state index contributed by atoms with van der Waals surface area (Å²) in [6.07, 6.45) is 1.92. The minimum atomic E-state index is -0.313. The lowest BCUT2D eigenvalue weighted by Crippen LogP contribution is -2.40. The molecule has 1 aliphatic heterocycles. The van der Waals surface area contributed by atoms with Crippen LogP contribution >= 0.6 is 0 Å². The summed E-state index contributed by atoms with van der Waals surface area (Å²) in [7, 11) is 0. The van der Waals surface area contributed by atoms with Crippen LogP contribution in [0.1, 0.15) is 37.0 Å². The third-order valence-corrected chi connectivity index (χ3v) is 3.17. The standard InChI is InChI=1S/C15H20N2O4/c1-3-4-10(2)17-14(18)8-16-15(19)11-5-6-12-13(7-11)21-9-20-12/h5-7,10H,3-4,8-9H2,1-2H3,(H,16,19)(H,17,18). The number of carbonyl (C=O) groups is 2. The number of ether oxygens (including phenoxy) is 2. The lowest BCUT2D eigenvalue weighted by molar-refractivity contribution is -0.120. The highest BCUT2D eigenvalue weighted by atomic mass is 16.7. The lowest BCUT2D eigenvalue weighted by Gasteiger charge is -2.13. The van der Waals surface area contributed by atoms with Gasteiger partial charge in [-0.2, -0.15) is 0 Å². The molecule has 2 rings (SSSR count). The van der Waals surface area contributed by atoms with Crippen molar-refractivity contribution in [2.24, 2.45) is 0 Å². The van der Waals surface area contributed by atoms with Gasteiger partial charge in [0.15, 0.2) is 11.5 Å².